The van der Waals surface area contributed by atoms with Crippen molar-refractivity contribution in [3.63, 3.8) is 0 Å². The number of carbonyl (C=O) groups excluding carboxylic acids is 3. The van der Waals surface area contributed by atoms with Crippen molar-refractivity contribution in [2.45, 2.75) is 114 Å². The molecule has 47 heavy (non-hydrogen) atoms. The van der Waals surface area contributed by atoms with Crippen LogP contribution in [-0.4, -0.2) is 83.3 Å². The quantitative estimate of drug-likeness (QED) is 0.163. The van der Waals surface area contributed by atoms with Crippen LogP contribution in [0.15, 0.2) is 41.8 Å². The normalized spacial score (nSPS) is 25.4. The topological polar surface area (TPSA) is 165 Å². The zero-order chi connectivity index (χ0) is 34.6. The standard InChI is InChI=1S/C34H51N5O7S/c1-6-7-8-9-10-11-16-25-20-34(25,30(42)43)37-29(41)33(5)18-14-19-39(33)28(40)21-35-31(44)36-27(32(2,3)4)23-38-22-24-15-12-13-17-26(24)47(38,45)46/h6,12-13,15,17,25,27H,1,7-11,14,16,18-23H2,2-5H3,(H,37,41)(H,42,43)(H2,35,36,44)/t25?,27?,33?,34-/m1/s1. The fourth-order valence-electron chi connectivity index (χ4n) is 6.78. The van der Waals surface area contributed by atoms with Crippen LogP contribution in [0.5, 0.6) is 0 Å². The molecule has 0 bridgehead atoms. The van der Waals surface area contributed by atoms with Gasteiger partial charge in [-0.2, -0.15) is 4.31 Å². The predicted molar refractivity (Wildman–Crippen MR) is 178 cm³/mol. The summed E-state index contributed by atoms with van der Waals surface area (Å²) in [6.07, 6.45) is 8.87. The molecule has 0 spiro atoms. The van der Waals surface area contributed by atoms with Crippen molar-refractivity contribution < 1.29 is 32.7 Å². The number of rotatable bonds is 15. The molecular formula is C34H51N5O7S. The Labute approximate surface area is 278 Å². The van der Waals surface area contributed by atoms with Crippen LogP contribution in [0.4, 0.5) is 4.79 Å². The van der Waals surface area contributed by atoms with E-state index in [0.29, 0.717) is 37.8 Å². The Kier molecular flexibility index (Phi) is 11.1. The van der Waals surface area contributed by atoms with E-state index in [1.54, 1.807) is 31.2 Å². The van der Waals surface area contributed by atoms with Crippen LogP contribution < -0.4 is 16.0 Å². The number of carboxylic acids is 1. The molecule has 0 aromatic heterocycles. The summed E-state index contributed by atoms with van der Waals surface area (Å²) in [4.78, 5) is 54.0. The van der Waals surface area contributed by atoms with E-state index in [4.69, 9.17) is 0 Å². The Hall–Kier alpha value is -3.45. The second kappa shape index (κ2) is 14.3. The largest absolute Gasteiger partial charge is 0.479 e. The Morgan fingerprint density at radius 2 is 1.83 bits per heavy atom. The van der Waals surface area contributed by atoms with Gasteiger partial charge in [0.2, 0.25) is 21.8 Å². The minimum atomic E-state index is -3.70. The summed E-state index contributed by atoms with van der Waals surface area (Å²) >= 11 is 0. The van der Waals surface area contributed by atoms with Gasteiger partial charge in [-0.15, -0.1) is 6.58 Å². The number of nitrogens with one attached hydrogen (secondary N) is 3. The monoisotopic (exact) mass is 673 g/mol. The zero-order valence-corrected chi connectivity index (χ0v) is 29.0. The second-order valence-corrected chi connectivity index (χ2v) is 16.4. The predicted octanol–water partition coefficient (Wildman–Crippen LogP) is 3.77. The number of carboxylic acid groups (broad SMARTS) is 1. The first kappa shape index (κ1) is 36.4. The van der Waals surface area contributed by atoms with Crippen molar-refractivity contribution in [2.75, 3.05) is 19.6 Å². The number of sulfonamides is 1. The first-order valence-corrected chi connectivity index (χ1v) is 18.1. The molecule has 1 aromatic carbocycles. The lowest BCUT2D eigenvalue weighted by atomic mass is 9.86. The molecule has 2 heterocycles. The van der Waals surface area contributed by atoms with E-state index in [1.165, 1.54) is 9.21 Å². The average Bonchev–Trinajstić information content (AvgIpc) is 3.45. The van der Waals surface area contributed by atoms with Gasteiger partial charge < -0.3 is 26.0 Å². The van der Waals surface area contributed by atoms with E-state index < -0.39 is 56.4 Å². The molecule has 1 aromatic rings. The highest BCUT2D eigenvalue weighted by Gasteiger charge is 2.62. The van der Waals surface area contributed by atoms with Gasteiger partial charge in [-0.1, -0.05) is 64.3 Å². The molecule has 4 amide bonds. The summed E-state index contributed by atoms with van der Waals surface area (Å²) in [6.45, 7) is 11.2. The number of benzene rings is 1. The summed E-state index contributed by atoms with van der Waals surface area (Å²) in [7, 11) is -3.70. The van der Waals surface area contributed by atoms with Crippen LogP contribution in [-0.2, 0) is 31.0 Å². The minimum absolute atomic E-state index is 0.0495. The van der Waals surface area contributed by atoms with Crippen LogP contribution in [0.25, 0.3) is 0 Å². The van der Waals surface area contributed by atoms with Crippen molar-refractivity contribution in [2.24, 2.45) is 11.3 Å². The summed E-state index contributed by atoms with van der Waals surface area (Å²) in [6, 6.07) is 5.62. The van der Waals surface area contributed by atoms with E-state index >= 15 is 0 Å². The number of hydrogen-bond donors (Lipinski definition) is 4. The maximum atomic E-state index is 13.6. The molecule has 1 aliphatic carbocycles. The van der Waals surface area contributed by atoms with Crippen molar-refractivity contribution in [1.29, 1.82) is 0 Å². The first-order valence-electron chi connectivity index (χ1n) is 16.7. The molecule has 0 radical (unpaired) electrons. The van der Waals surface area contributed by atoms with Gasteiger partial charge in [0, 0.05) is 25.7 Å². The Bertz CT molecular complexity index is 1470. The lowest BCUT2D eigenvalue weighted by Gasteiger charge is -2.36. The Balaban J connectivity index is 1.31. The first-order chi connectivity index (χ1) is 22.1. The third-order valence-corrected chi connectivity index (χ3v) is 12.0. The van der Waals surface area contributed by atoms with E-state index in [2.05, 4.69) is 22.5 Å². The van der Waals surface area contributed by atoms with Crippen LogP contribution in [0.1, 0.15) is 91.0 Å². The number of allylic oxidation sites excluding steroid dienone is 1. The number of fused-ring (bicyclic) bond motifs is 1. The average molecular weight is 674 g/mol. The molecule has 4 atom stereocenters. The molecule has 4 rings (SSSR count). The lowest BCUT2D eigenvalue weighted by Crippen LogP contribution is -2.61. The molecule has 4 N–H and O–H groups in total. The molecule has 3 unspecified atom stereocenters. The van der Waals surface area contributed by atoms with Crippen molar-refractivity contribution >= 4 is 33.8 Å². The SMILES string of the molecule is C=CCCCCCCC1C[C@]1(NC(=O)C1(C)CCCN1C(=O)CNC(=O)NC(CN1Cc2ccccc2S1(=O)=O)C(C)(C)C)C(=O)O. The van der Waals surface area contributed by atoms with Gasteiger partial charge in [0.15, 0.2) is 0 Å². The third kappa shape index (κ3) is 7.99. The fraction of sp³-hybridized carbons (Fsp3) is 0.647. The molecule has 12 nitrogen and oxygen atoms in total. The maximum absolute atomic E-state index is 13.6. The number of amides is 4. The molecule has 3 aliphatic rings. The lowest BCUT2D eigenvalue weighted by molar-refractivity contribution is -0.148. The van der Waals surface area contributed by atoms with Crippen LogP contribution in [0.2, 0.25) is 0 Å². The highest BCUT2D eigenvalue weighted by molar-refractivity contribution is 7.89. The van der Waals surface area contributed by atoms with E-state index in [0.717, 1.165) is 32.1 Å². The third-order valence-electron chi connectivity index (χ3n) is 10.0. The van der Waals surface area contributed by atoms with Crippen LogP contribution >= 0.6 is 0 Å². The number of urea groups is 1. The molecule has 260 valence electrons. The van der Waals surface area contributed by atoms with Crippen LogP contribution in [0, 0.1) is 11.3 Å². The molecule has 1 saturated carbocycles. The summed E-state index contributed by atoms with van der Waals surface area (Å²) < 4.78 is 27.6. The van der Waals surface area contributed by atoms with Crippen molar-refractivity contribution in [3.8, 4) is 0 Å². The Morgan fingerprint density at radius 3 is 2.49 bits per heavy atom. The van der Waals surface area contributed by atoms with Gasteiger partial charge in [0.25, 0.3) is 0 Å². The van der Waals surface area contributed by atoms with E-state index in [1.807, 2.05) is 26.8 Å². The van der Waals surface area contributed by atoms with E-state index in [9.17, 15) is 32.7 Å². The summed E-state index contributed by atoms with van der Waals surface area (Å²) in [5, 5.41) is 18.3. The number of unbranched alkanes of at least 4 members (excludes halogenated alkanes) is 4. The highest BCUT2D eigenvalue weighted by Crippen LogP contribution is 2.48. The van der Waals surface area contributed by atoms with Gasteiger partial charge in [-0.25, -0.2) is 18.0 Å². The number of carbonyl (C=O) groups is 4. The smallest absolute Gasteiger partial charge is 0.329 e. The molecule has 1 saturated heterocycles. The molecule has 2 aliphatic heterocycles. The van der Waals surface area contributed by atoms with Gasteiger partial charge in [0.05, 0.1) is 11.4 Å². The van der Waals surface area contributed by atoms with Gasteiger partial charge >= 0.3 is 12.0 Å². The van der Waals surface area contributed by atoms with Gasteiger partial charge in [0.1, 0.15) is 11.1 Å². The second-order valence-electron chi connectivity index (χ2n) is 14.5. The number of likely N-dealkylation sites (tertiary alicyclic amines) is 1. The van der Waals surface area contributed by atoms with Crippen LogP contribution in [0.3, 0.4) is 0 Å². The number of nitrogens with zero attached hydrogens (tertiary/aromatic N) is 2. The molecule has 13 heteroatoms. The number of aliphatic carboxylic acids is 1. The number of hydrogen-bond acceptors (Lipinski definition) is 6. The molecule has 2 fully saturated rings. The Morgan fingerprint density at radius 1 is 1.13 bits per heavy atom. The fourth-order valence-corrected chi connectivity index (χ4v) is 8.43. The summed E-state index contributed by atoms with van der Waals surface area (Å²) in [5.74, 6) is -2.16. The zero-order valence-electron chi connectivity index (χ0n) is 28.1. The van der Waals surface area contributed by atoms with Gasteiger partial charge in [-0.05, 0) is 68.4 Å². The molecular weight excluding hydrogens is 622 g/mol. The van der Waals surface area contributed by atoms with Crippen molar-refractivity contribution in [3.05, 3.63) is 42.5 Å². The minimum Gasteiger partial charge on any atom is -0.479 e. The van der Waals surface area contributed by atoms with Crippen molar-refractivity contribution in [1.82, 2.24) is 25.2 Å². The highest BCUT2D eigenvalue weighted by atomic mass is 32.2. The van der Waals surface area contributed by atoms with E-state index in [-0.39, 0.29) is 30.4 Å². The van der Waals surface area contributed by atoms with Gasteiger partial charge in [-0.3, -0.25) is 9.59 Å². The summed E-state index contributed by atoms with van der Waals surface area (Å²) in [5.41, 5.74) is -2.37. The maximum Gasteiger partial charge on any atom is 0.329 e.